The van der Waals surface area contributed by atoms with Gasteiger partial charge in [0, 0.05) is 12.1 Å². The molecule has 0 aliphatic rings. The minimum atomic E-state index is -0.597. The molecule has 0 radical (unpaired) electrons. The van der Waals surface area contributed by atoms with Crippen LogP contribution in [0.5, 0.6) is 0 Å². The van der Waals surface area contributed by atoms with E-state index in [4.69, 9.17) is 16.9 Å². The lowest BCUT2D eigenvalue weighted by atomic mass is 10.1. The summed E-state index contributed by atoms with van der Waals surface area (Å²) in [6.45, 7) is 0. The third-order valence-corrected chi connectivity index (χ3v) is 2.86. The molecule has 0 unspecified atom stereocenters. The summed E-state index contributed by atoms with van der Waals surface area (Å²) in [5, 5.41) is 22.7. The van der Waals surface area contributed by atoms with Crippen molar-refractivity contribution < 1.29 is 9.31 Å². The number of benzene rings is 2. The Balaban J connectivity index is 2.41. The fraction of sp³-hybridized carbons (Fsp3) is 0. The molecule has 7 heteroatoms. The second-order valence-corrected chi connectivity index (χ2v) is 4.26. The minimum Gasteiger partial charge on any atom is -0.353 e. The van der Waals surface area contributed by atoms with Crippen molar-refractivity contribution in [3.63, 3.8) is 0 Å². The van der Waals surface area contributed by atoms with E-state index >= 15 is 0 Å². The number of rotatable bonds is 3. The molecule has 0 amide bonds. The van der Waals surface area contributed by atoms with E-state index in [0.29, 0.717) is 5.69 Å². The third-order valence-electron chi connectivity index (χ3n) is 2.53. The first-order chi connectivity index (χ1) is 9.51. The number of halogens is 2. The number of hydrogen-bond donors (Lipinski definition) is 1. The summed E-state index contributed by atoms with van der Waals surface area (Å²) < 4.78 is 13.1. The number of nitriles is 1. The van der Waals surface area contributed by atoms with Crippen molar-refractivity contribution in [1.29, 1.82) is 5.26 Å². The van der Waals surface area contributed by atoms with Gasteiger partial charge in [0.05, 0.1) is 26.9 Å². The van der Waals surface area contributed by atoms with E-state index in [1.54, 1.807) is 0 Å². The number of non-ortho nitro benzene ring substituents is 1. The molecule has 20 heavy (non-hydrogen) atoms. The lowest BCUT2D eigenvalue weighted by Crippen LogP contribution is -1.97. The molecule has 0 aliphatic carbocycles. The van der Waals surface area contributed by atoms with Crippen LogP contribution in [-0.4, -0.2) is 4.92 Å². The Kier molecular flexibility index (Phi) is 3.82. The lowest BCUT2D eigenvalue weighted by Gasteiger charge is -2.09. The van der Waals surface area contributed by atoms with Gasteiger partial charge in [0.15, 0.2) is 0 Å². The number of nitro groups is 1. The maximum atomic E-state index is 13.1. The Morgan fingerprint density at radius 3 is 2.65 bits per heavy atom. The topological polar surface area (TPSA) is 79.0 Å². The molecule has 2 aromatic rings. The molecule has 0 heterocycles. The first-order valence-corrected chi connectivity index (χ1v) is 5.79. The number of nitrogens with one attached hydrogen (secondary N) is 1. The second-order valence-electron chi connectivity index (χ2n) is 3.85. The van der Waals surface area contributed by atoms with Crippen molar-refractivity contribution in [1.82, 2.24) is 0 Å². The summed E-state index contributed by atoms with van der Waals surface area (Å²) in [5.74, 6) is -0.489. The molecule has 0 spiro atoms. The van der Waals surface area contributed by atoms with Crippen LogP contribution in [0.3, 0.4) is 0 Å². The quantitative estimate of drug-likeness (QED) is 0.684. The van der Waals surface area contributed by atoms with Crippen LogP contribution in [0.15, 0.2) is 36.4 Å². The number of nitrogens with zero attached hydrogens (tertiary/aromatic N) is 2. The Morgan fingerprint density at radius 2 is 2.00 bits per heavy atom. The Hall–Kier alpha value is -2.65. The molecule has 0 aromatic heterocycles. The predicted octanol–water partition coefficient (Wildman–Crippen LogP) is 4.00. The molecular formula is C13H7ClFN3O2. The highest BCUT2D eigenvalue weighted by atomic mass is 35.5. The van der Waals surface area contributed by atoms with Gasteiger partial charge in [0.25, 0.3) is 5.69 Å². The van der Waals surface area contributed by atoms with Crippen LogP contribution in [0.25, 0.3) is 0 Å². The van der Waals surface area contributed by atoms with Crippen LogP contribution in [-0.2, 0) is 0 Å². The summed E-state index contributed by atoms with van der Waals surface area (Å²) in [4.78, 5) is 10.0. The van der Waals surface area contributed by atoms with Crippen molar-refractivity contribution in [2.24, 2.45) is 0 Å². The van der Waals surface area contributed by atoms with Crippen LogP contribution >= 0.6 is 11.6 Å². The van der Waals surface area contributed by atoms with Crippen molar-refractivity contribution in [3.8, 4) is 6.07 Å². The maximum Gasteiger partial charge on any atom is 0.270 e. The average molecular weight is 292 g/mol. The molecule has 2 rings (SSSR count). The Labute approximate surface area is 118 Å². The fourth-order valence-electron chi connectivity index (χ4n) is 1.59. The van der Waals surface area contributed by atoms with E-state index in [2.05, 4.69) is 5.32 Å². The normalized spacial score (nSPS) is 9.85. The molecule has 2 aromatic carbocycles. The van der Waals surface area contributed by atoms with Gasteiger partial charge in [-0.05, 0) is 24.3 Å². The van der Waals surface area contributed by atoms with Gasteiger partial charge in [0.1, 0.15) is 11.9 Å². The second kappa shape index (κ2) is 5.55. The molecule has 1 N–H and O–H groups in total. The van der Waals surface area contributed by atoms with E-state index in [-0.39, 0.29) is 22.0 Å². The summed E-state index contributed by atoms with van der Waals surface area (Å²) in [5.41, 5.74) is 0.458. The molecule has 5 nitrogen and oxygen atoms in total. The van der Waals surface area contributed by atoms with Gasteiger partial charge in [-0.1, -0.05) is 11.6 Å². The molecule has 0 fully saturated rings. The summed E-state index contributed by atoms with van der Waals surface area (Å²) in [6.07, 6.45) is 0. The summed E-state index contributed by atoms with van der Waals surface area (Å²) in [6, 6.07) is 9.34. The van der Waals surface area contributed by atoms with Crippen molar-refractivity contribution in [2.45, 2.75) is 0 Å². The molecule has 0 atom stereocenters. The summed E-state index contributed by atoms with van der Waals surface area (Å²) >= 11 is 5.90. The van der Waals surface area contributed by atoms with Gasteiger partial charge in [0.2, 0.25) is 0 Å². The van der Waals surface area contributed by atoms with Crippen molar-refractivity contribution in [3.05, 3.63) is 62.9 Å². The van der Waals surface area contributed by atoms with Gasteiger partial charge in [-0.2, -0.15) is 5.26 Å². The van der Waals surface area contributed by atoms with Crippen LogP contribution in [0, 0.1) is 27.3 Å². The zero-order valence-corrected chi connectivity index (χ0v) is 10.7. The Bertz CT molecular complexity index is 728. The van der Waals surface area contributed by atoms with Crippen LogP contribution < -0.4 is 5.32 Å². The van der Waals surface area contributed by atoms with E-state index in [1.807, 2.05) is 6.07 Å². The molecule has 100 valence electrons. The van der Waals surface area contributed by atoms with Gasteiger partial charge >= 0.3 is 0 Å². The van der Waals surface area contributed by atoms with Gasteiger partial charge < -0.3 is 5.32 Å². The first-order valence-electron chi connectivity index (χ1n) is 5.42. The first kappa shape index (κ1) is 13.8. The highest BCUT2D eigenvalue weighted by Gasteiger charge is 2.12. The van der Waals surface area contributed by atoms with Gasteiger partial charge in [-0.3, -0.25) is 10.1 Å². The SMILES string of the molecule is N#Cc1cc([N+](=O)[O-])ccc1Nc1cc(F)ccc1Cl. The number of anilines is 2. The highest BCUT2D eigenvalue weighted by Crippen LogP contribution is 2.29. The van der Waals surface area contributed by atoms with Crippen molar-refractivity contribution >= 4 is 28.7 Å². The van der Waals surface area contributed by atoms with Crippen LogP contribution in [0.1, 0.15) is 5.56 Å². The standard InChI is InChI=1S/C13H7ClFN3O2/c14-11-3-1-9(15)6-13(11)17-12-4-2-10(18(19)20)5-8(12)7-16/h1-6,17H. The van der Waals surface area contributed by atoms with Gasteiger partial charge in [-0.25, -0.2) is 4.39 Å². The van der Waals surface area contributed by atoms with Crippen LogP contribution in [0.2, 0.25) is 5.02 Å². The highest BCUT2D eigenvalue weighted by molar-refractivity contribution is 6.33. The monoisotopic (exact) mass is 291 g/mol. The summed E-state index contributed by atoms with van der Waals surface area (Å²) in [7, 11) is 0. The van der Waals surface area contributed by atoms with E-state index in [0.717, 1.165) is 6.07 Å². The Morgan fingerprint density at radius 1 is 1.25 bits per heavy atom. The molecule has 0 aliphatic heterocycles. The predicted molar refractivity (Wildman–Crippen MR) is 72.5 cm³/mol. The molecule has 0 saturated heterocycles. The molecular weight excluding hydrogens is 285 g/mol. The maximum absolute atomic E-state index is 13.1. The average Bonchev–Trinajstić information content (AvgIpc) is 2.43. The van der Waals surface area contributed by atoms with Gasteiger partial charge in [-0.15, -0.1) is 0 Å². The zero-order chi connectivity index (χ0) is 14.7. The van der Waals surface area contributed by atoms with Crippen LogP contribution in [0.4, 0.5) is 21.5 Å². The van der Waals surface area contributed by atoms with E-state index in [9.17, 15) is 14.5 Å². The number of nitro benzene ring substituents is 1. The number of hydrogen-bond acceptors (Lipinski definition) is 4. The molecule has 0 saturated carbocycles. The van der Waals surface area contributed by atoms with E-state index < -0.39 is 10.7 Å². The smallest absolute Gasteiger partial charge is 0.270 e. The largest absolute Gasteiger partial charge is 0.353 e. The fourth-order valence-corrected chi connectivity index (χ4v) is 1.75. The van der Waals surface area contributed by atoms with E-state index in [1.165, 1.54) is 30.3 Å². The third kappa shape index (κ3) is 2.84. The lowest BCUT2D eigenvalue weighted by molar-refractivity contribution is -0.384. The van der Waals surface area contributed by atoms with Crippen molar-refractivity contribution in [2.75, 3.05) is 5.32 Å². The molecule has 0 bridgehead atoms. The minimum absolute atomic E-state index is 0.0690. The zero-order valence-electron chi connectivity index (χ0n) is 9.93.